The topological polar surface area (TPSA) is 67.4 Å². The molecule has 0 aliphatic heterocycles. The number of para-hydroxylation sites is 3. The van der Waals surface area contributed by atoms with Crippen molar-refractivity contribution in [3.63, 3.8) is 0 Å². The fourth-order valence-electron chi connectivity index (χ4n) is 1.94. The van der Waals surface area contributed by atoms with Gasteiger partial charge in [0, 0.05) is 7.05 Å². The van der Waals surface area contributed by atoms with Gasteiger partial charge >= 0.3 is 0 Å². The molecule has 0 bridgehead atoms. The second-order valence-corrected chi connectivity index (χ2v) is 5.93. The molecular formula is C15H18N2O3S. The van der Waals surface area contributed by atoms with Crippen LogP contribution in [0, 0.1) is 0 Å². The Morgan fingerprint density at radius 2 is 1.62 bits per heavy atom. The van der Waals surface area contributed by atoms with Gasteiger partial charge in [-0.1, -0.05) is 24.3 Å². The third-order valence-electron chi connectivity index (χ3n) is 2.88. The van der Waals surface area contributed by atoms with Crippen molar-refractivity contribution < 1.29 is 13.2 Å². The lowest BCUT2D eigenvalue weighted by Crippen LogP contribution is -2.15. The van der Waals surface area contributed by atoms with Crippen LogP contribution in [0.5, 0.6) is 5.75 Å². The second kappa shape index (κ2) is 6.49. The van der Waals surface area contributed by atoms with Crippen molar-refractivity contribution >= 4 is 21.4 Å². The number of nitrogens with one attached hydrogen (secondary N) is 2. The first-order valence-corrected chi connectivity index (χ1v) is 8.08. The molecule has 0 saturated heterocycles. The number of hydrogen-bond acceptors (Lipinski definition) is 4. The van der Waals surface area contributed by atoms with E-state index in [1.807, 2.05) is 6.92 Å². The highest BCUT2D eigenvalue weighted by molar-refractivity contribution is 7.92. The molecule has 2 aromatic carbocycles. The Kier molecular flexibility index (Phi) is 4.70. The molecule has 2 aromatic rings. The highest BCUT2D eigenvalue weighted by atomic mass is 32.2. The van der Waals surface area contributed by atoms with Gasteiger partial charge in [0.25, 0.3) is 10.0 Å². The summed E-state index contributed by atoms with van der Waals surface area (Å²) in [5, 5.41) is 2.88. The number of ether oxygens (including phenoxy) is 1. The zero-order valence-corrected chi connectivity index (χ0v) is 12.8. The lowest BCUT2D eigenvalue weighted by Gasteiger charge is -2.14. The number of rotatable bonds is 6. The number of anilines is 2. The molecule has 0 fully saturated rings. The van der Waals surface area contributed by atoms with E-state index in [2.05, 4.69) is 10.0 Å². The van der Waals surface area contributed by atoms with Crippen LogP contribution >= 0.6 is 0 Å². The van der Waals surface area contributed by atoms with Crippen LogP contribution in [-0.4, -0.2) is 22.1 Å². The van der Waals surface area contributed by atoms with Crippen molar-refractivity contribution in [2.24, 2.45) is 0 Å². The molecule has 0 aliphatic rings. The molecule has 112 valence electrons. The van der Waals surface area contributed by atoms with E-state index in [1.54, 1.807) is 55.6 Å². The molecule has 0 heterocycles. The standard InChI is InChI=1S/C15H18N2O3S/c1-3-20-14-10-6-4-8-12(14)17-21(18,19)15-11-7-5-9-13(15)16-2/h4-11,16-17H,3H2,1-2H3. The zero-order valence-electron chi connectivity index (χ0n) is 12.0. The third kappa shape index (κ3) is 3.46. The molecule has 0 saturated carbocycles. The molecule has 2 N–H and O–H groups in total. The van der Waals surface area contributed by atoms with Gasteiger partial charge in [-0.3, -0.25) is 4.72 Å². The number of hydrogen-bond donors (Lipinski definition) is 2. The highest BCUT2D eigenvalue weighted by Gasteiger charge is 2.19. The third-order valence-corrected chi connectivity index (χ3v) is 4.30. The van der Waals surface area contributed by atoms with Crippen molar-refractivity contribution in [2.75, 3.05) is 23.7 Å². The van der Waals surface area contributed by atoms with E-state index in [0.717, 1.165) is 0 Å². The van der Waals surface area contributed by atoms with E-state index in [1.165, 1.54) is 0 Å². The molecule has 0 amide bonds. The van der Waals surface area contributed by atoms with E-state index in [9.17, 15) is 8.42 Å². The fraction of sp³-hybridized carbons (Fsp3) is 0.200. The van der Waals surface area contributed by atoms with Gasteiger partial charge in [0.1, 0.15) is 10.6 Å². The van der Waals surface area contributed by atoms with Gasteiger partial charge in [0.15, 0.2) is 0 Å². The van der Waals surface area contributed by atoms with Gasteiger partial charge in [-0.15, -0.1) is 0 Å². The molecule has 2 rings (SSSR count). The second-order valence-electron chi connectivity index (χ2n) is 4.28. The average Bonchev–Trinajstić information content (AvgIpc) is 2.49. The fourth-order valence-corrected chi connectivity index (χ4v) is 3.23. The molecule has 5 nitrogen and oxygen atoms in total. The summed E-state index contributed by atoms with van der Waals surface area (Å²) < 4.78 is 33.1. The average molecular weight is 306 g/mol. The Morgan fingerprint density at radius 1 is 1.00 bits per heavy atom. The van der Waals surface area contributed by atoms with E-state index >= 15 is 0 Å². The van der Waals surface area contributed by atoms with Crippen LogP contribution in [-0.2, 0) is 10.0 Å². The summed E-state index contributed by atoms with van der Waals surface area (Å²) in [6.07, 6.45) is 0. The van der Waals surface area contributed by atoms with Crippen LogP contribution in [0.3, 0.4) is 0 Å². The highest BCUT2D eigenvalue weighted by Crippen LogP contribution is 2.28. The summed E-state index contributed by atoms with van der Waals surface area (Å²) >= 11 is 0. The lowest BCUT2D eigenvalue weighted by molar-refractivity contribution is 0.342. The first-order chi connectivity index (χ1) is 10.1. The maximum atomic E-state index is 12.5. The summed E-state index contributed by atoms with van der Waals surface area (Å²) in [7, 11) is -2.01. The number of sulfonamides is 1. The largest absolute Gasteiger partial charge is 0.492 e. The Morgan fingerprint density at radius 3 is 2.29 bits per heavy atom. The summed E-state index contributed by atoms with van der Waals surface area (Å²) in [4.78, 5) is 0.193. The summed E-state index contributed by atoms with van der Waals surface area (Å²) in [6.45, 7) is 2.31. The van der Waals surface area contributed by atoms with Gasteiger partial charge in [0.05, 0.1) is 18.0 Å². The molecular weight excluding hydrogens is 288 g/mol. The minimum Gasteiger partial charge on any atom is -0.492 e. The van der Waals surface area contributed by atoms with Gasteiger partial charge in [-0.2, -0.15) is 0 Å². The van der Waals surface area contributed by atoms with Crippen molar-refractivity contribution in [2.45, 2.75) is 11.8 Å². The monoisotopic (exact) mass is 306 g/mol. The lowest BCUT2D eigenvalue weighted by atomic mass is 10.3. The molecule has 6 heteroatoms. The minimum absolute atomic E-state index is 0.193. The molecule has 0 aromatic heterocycles. The van der Waals surface area contributed by atoms with Crippen LogP contribution in [0.2, 0.25) is 0 Å². The van der Waals surface area contributed by atoms with E-state index in [0.29, 0.717) is 23.7 Å². The van der Waals surface area contributed by atoms with Gasteiger partial charge in [-0.25, -0.2) is 8.42 Å². The van der Waals surface area contributed by atoms with Gasteiger partial charge in [0.2, 0.25) is 0 Å². The normalized spacial score (nSPS) is 11.0. The molecule has 0 unspecified atom stereocenters. The van der Waals surface area contributed by atoms with E-state index in [-0.39, 0.29) is 4.90 Å². The Labute approximate surface area is 125 Å². The van der Waals surface area contributed by atoms with Crippen LogP contribution < -0.4 is 14.8 Å². The molecule has 0 spiro atoms. The van der Waals surface area contributed by atoms with E-state index < -0.39 is 10.0 Å². The van der Waals surface area contributed by atoms with Crippen molar-refractivity contribution in [3.05, 3.63) is 48.5 Å². The zero-order chi connectivity index (χ0) is 15.3. The molecule has 0 radical (unpaired) electrons. The number of benzene rings is 2. The van der Waals surface area contributed by atoms with E-state index in [4.69, 9.17) is 4.74 Å². The summed E-state index contributed by atoms with van der Waals surface area (Å²) in [5.74, 6) is 0.505. The Hall–Kier alpha value is -2.21. The first-order valence-electron chi connectivity index (χ1n) is 6.60. The van der Waals surface area contributed by atoms with Crippen molar-refractivity contribution in [1.82, 2.24) is 0 Å². The SMILES string of the molecule is CCOc1ccccc1NS(=O)(=O)c1ccccc1NC. The van der Waals surface area contributed by atoms with Crippen LogP contribution in [0.1, 0.15) is 6.92 Å². The maximum absolute atomic E-state index is 12.5. The predicted molar refractivity (Wildman–Crippen MR) is 84.4 cm³/mol. The molecule has 0 atom stereocenters. The minimum atomic E-state index is -3.69. The quantitative estimate of drug-likeness (QED) is 0.861. The Balaban J connectivity index is 2.38. The maximum Gasteiger partial charge on any atom is 0.264 e. The van der Waals surface area contributed by atoms with Crippen LogP contribution in [0.15, 0.2) is 53.4 Å². The summed E-state index contributed by atoms with van der Waals surface area (Å²) in [5.41, 5.74) is 0.962. The smallest absolute Gasteiger partial charge is 0.264 e. The van der Waals surface area contributed by atoms with Crippen molar-refractivity contribution in [3.8, 4) is 5.75 Å². The van der Waals surface area contributed by atoms with Crippen LogP contribution in [0.25, 0.3) is 0 Å². The predicted octanol–water partition coefficient (Wildman–Crippen LogP) is 2.93. The summed E-state index contributed by atoms with van der Waals surface area (Å²) in [6, 6.07) is 13.7. The van der Waals surface area contributed by atoms with Gasteiger partial charge in [-0.05, 0) is 31.2 Å². The van der Waals surface area contributed by atoms with Gasteiger partial charge < -0.3 is 10.1 Å². The van der Waals surface area contributed by atoms with Crippen LogP contribution in [0.4, 0.5) is 11.4 Å². The first kappa shape index (κ1) is 15.2. The molecule has 0 aliphatic carbocycles. The molecule has 21 heavy (non-hydrogen) atoms. The Bertz CT molecular complexity index is 714. The van der Waals surface area contributed by atoms with Crippen molar-refractivity contribution in [1.29, 1.82) is 0 Å².